The Hall–Kier alpha value is -0.810. The molecule has 4 nitrogen and oxygen atoms in total. The summed E-state index contributed by atoms with van der Waals surface area (Å²) < 4.78 is 0. The Morgan fingerprint density at radius 2 is 1.96 bits per heavy atom. The van der Waals surface area contributed by atoms with Crippen LogP contribution in [0.5, 0.6) is 0 Å². The molecule has 2 atom stereocenters. The normalized spacial score (nSPS) is 20.7. The van der Waals surface area contributed by atoms with E-state index in [1.165, 1.54) is 24.0 Å². The fourth-order valence-corrected chi connectivity index (χ4v) is 3.00. The molecule has 1 fully saturated rings. The number of hydrogen-bond donors (Lipinski definition) is 2. The number of benzene rings is 1. The molecule has 2 unspecified atom stereocenters. The van der Waals surface area contributed by atoms with Crippen LogP contribution in [0.1, 0.15) is 30.9 Å². The highest BCUT2D eigenvalue weighted by molar-refractivity contribution is 5.85. The first kappa shape index (κ1) is 20.2. The molecule has 23 heavy (non-hydrogen) atoms. The van der Waals surface area contributed by atoms with Crippen LogP contribution in [0.2, 0.25) is 0 Å². The van der Waals surface area contributed by atoms with E-state index in [1.807, 2.05) is 6.07 Å². The van der Waals surface area contributed by atoms with Crippen LogP contribution in [-0.2, 0) is 17.8 Å². The molecule has 1 saturated carbocycles. The van der Waals surface area contributed by atoms with Crippen molar-refractivity contribution in [3.8, 4) is 0 Å². The Kier molecular flexibility index (Phi) is 7.81. The van der Waals surface area contributed by atoms with E-state index in [-0.39, 0.29) is 36.8 Å². The van der Waals surface area contributed by atoms with Crippen molar-refractivity contribution in [2.45, 2.75) is 50.9 Å². The molecule has 1 aromatic carbocycles. The highest BCUT2D eigenvalue weighted by Gasteiger charge is 2.30. The largest absolute Gasteiger partial charge is 0.353 e. The molecular formula is C17H27Cl2N3O. The number of rotatable bonds is 5. The lowest BCUT2D eigenvalue weighted by Crippen LogP contribution is -2.50. The van der Waals surface area contributed by atoms with E-state index in [0.29, 0.717) is 6.04 Å². The fourth-order valence-electron chi connectivity index (χ4n) is 3.00. The maximum absolute atomic E-state index is 12.3. The SMILES string of the molecule is CC(CNC(=O)C1Cc2ccccc2CN1)N(C)C1CC1.Cl.Cl. The molecule has 0 aromatic heterocycles. The monoisotopic (exact) mass is 359 g/mol. The quantitative estimate of drug-likeness (QED) is 0.846. The van der Waals surface area contributed by atoms with Gasteiger partial charge in [-0.25, -0.2) is 0 Å². The van der Waals surface area contributed by atoms with Crippen molar-refractivity contribution in [3.63, 3.8) is 0 Å². The van der Waals surface area contributed by atoms with E-state index in [2.05, 4.69) is 47.7 Å². The standard InChI is InChI=1S/C17H25N3O.2ClH/c1-12(20(2)15-7-8-15)10-19-17(21)16-9-13-5-3-4-6-14(13)11-18-16;;/h3-6,12,15-16,18H,7-11H2,1-2H3,(H,19,21);2*1H. The zero-order valence-electron chi connectivity index (χ0n) is 13.7. The van der Waals surface area contributed by atoms with Crippen LogP contribution in [0.4, 0.5) is 0 Å². The molecule has 0 saturated heterocycles. The zero-order valence-corrected chi connectivity index (χ0v) is 15.4. The average Bonchev–Trinajstić information content (AvgIpc) is 3.35. The molecule has 0 spiro atoms. The molecule has 1 amide bonds. The molecule has 1 aliphatic carbocycles. The van der Waals surface area contributed by atoms with Crippen molar-refractivity contribution in [2.24, 2.45) is 0 Å². The minimum atomic E-state index is -0.0988. The zero-order chi connectivity index (χ0) is 14.8. The Bertz CT molecular complexity index is 522. The Morgan fingerprint density at radius 1 is 1.30 bits per heavy atom. The van der Waals surface area contributed by atoms with E-state index in [4.69, 9.17) is 0 Å². The summed E-state index contributed by atoms with van der Waals surface area (Å²) in [5.74, 6) is 0.126. The molecule has 1 aromatic rings. The first-order valence-electron chi connectivity index (χ1n) is 7.95. The summed E-state index contributed by atoms with van der Waals surface area (Å²) in [5, 5.41) is 6.44. The molecule has 1 heterocycles. The van der Waals surface area contributed by atoms with E-state index in [1.54, 1.807) is 0 Å². The topological polar surface area (TPSA) is 44.4 Å². The van der Waals surface area contributed by atoms with Gasteiger partial charge in [0.2, 0.25) is 5.91 Å². The number of carbonyl (C=O) groups excluding carboxylic acids is 1. The van der Waals surface area contributed by atoms with E-state index in [9.17, 15) is 4.79 Å². The number of hydrogen-bond acceptors (Lipinski definition) is 3. The van der Waals surface area contributed by atoms with Gasteiger partial charge in [-0.3, -0.25) is 9.69 Å². The molecular weight excluding hydrogens is 333 g/mol. The molecule has 2 N–H and O–H groups in total. The highest BCUT2D eigenvalue weighted by atomic mass is 35.5. The molecule has 0 bridgehead atoms. The second-order valence-corrected chi connectivity index (χ2v) is 6.40. The number of amides is 1. The van der Waals surface area contributed by atoms with E-state index < -0.39 is 0 Å². The second-order valence-electron chi connectivity index (χ2n) is 6.40. The van der Waals surface area contributed by atoms with Crippen LogP contribution in [0.15, 0.2) is 24.3 Å². The third-order valence-electron chi connectivity index (χ3n) is 4.79. The maximum atomic E-state index is 12.3. The molecule has 0 radical (unpaired) electrons. The van der Waals surface area contributed by atoms with Gasteiger partial charge in [0.25, 0.3) is 0 Å². The van der Waals surface area contributed by atoms with Gasteiger partial charge in [-0.15, -0.1) is 24.8 Å². The number of nitrogens with zero attached hydrogens (tertiary/aromatic N) is 1. The van der Waals surface area contributed by atoms with Gasteiger partial charge in [0.1, 0.15) is 0 Å². The van der Waals surface area contributed by atoms with Crippen molar-refractivity contribution in [2.75, 3.05) is 13.6 Å². The van der Waals surface area contributed by atoms with Gasteiger partial charge < -0.3 is 10.6 Å². The third-order valence-corrected chi connectivity index (χ3v) is 4.79. The lowest BCUT2D eigenvalue weighted by molar-refractivity contribution is -0.123. The summed E-state index contributed by atoms with van der Waals surface area (Å²) in [6.45, 7) is 3.69. The molecule has 2 aliphatic rings. The van der Waals surface area contributed by atoms with Gasteiger partial charge in [0, 0.05) is 25.2 Å². The lowest BCUT2D eigenvalue weighted by Gasteiger charge is -2.28. The smallest absolute Gasteiger partial charge is 0.237 e. The van der Waals surface area contributed by atoms with Crippen molar-refractivity contribution < 1.29 is 4.79 Å². The van der Waals surface area contributed by atoms with Crippen LogP contribution >= 0.6 is 24.8 Å². The number of fused-ring (bicyclic) bond motifs is 1. The number of likely N-dealkylation sites (N-methyl/N-ethyl adjacent to an activating group) is 1. The van der Waals surface area contributed by atoms with Gasteiger partial charge in [-0.2, -0.15) is 0 Å². The number of halogens is 2. The number of carbonyl (C=O) groups is 1. The summed E-state index contributed by atoms with van der Waals surface area (Å²) in [6, 6.07) is 9.39. The minimum absolute atomic E-state index is 0. The summed E-state index contributed by atoms with van der Waals surface area (Å²) >= 11 is 0. The van der Waals surface area contributed by atoms with Gasteiger partial charge in [0.15, 0.2) is 0 Å². The van der Waals surface area contributed by atoms with E-state index >= 15 is 0 Å². The Labute approximate surface area is 151 Å². The Balaban J connectivity index is 0.00000132. The molecule has 130 valence electrons. The summed E-state index contributed by atoms with van der Waals surface area (Å²) in [5.41, 5.74) is 2.60. The fraction of sp³-hybridized carbons (Fsp3) is 0.588. The van der Waals surface area contributed by atoms with Crippen molar-refractivity contribution >= 4 is 30.7 Å². The van der Waals surface area contributed by atoms with Crippen LogP contribution in [0.3, 0.4) is 0 Å². The molecule has 1 aliphatic heterocycles. The van der Waals surface area contributed by atoms with Crippen LogP contribution in [0.25, 0.3) is 0 Å². The van der Waals surface area contributed by atoms with Crippen LogP contribution in [-0.4, -0.2) is 42.5 Å². The highest BCUT2D eigenvalue weighted by Crippen LogP contribution is 2.26. The summed E-state index contributed by atoms with van der Waals surface area (Å²) in [7, 11) is 2.16. The first-order chi connectivity index (χ1) is 10.1. The van der Waals surface area contributed by atoms with E-state index in [0.717, 1.165) is 25.6 Å². The molecule has 6 heteroatoms. The average molecular weight is 360 g/mol. The van der Waals surface area contributed by atoms with Gasteiger partial charge in [-0.05, 0) is 44.4 Å². The molecule has 3 rings (SSSR count). The first-order valence-corrected chi connectivity index (χ1v) is 7.95. The Morgan fingerprint density at radius 3 is 2.61 bits per heavy atom. The van der Waals surface area contributed by atoms with Crippen molar-refractivity contribution in [3.05, 3.63) is 35.4 Å². The van der Waals surface area contributed by atoms with Gasteiger partial charge in [0.05, 0.1) is 6.04 Å². The van der Waals surface area contributed by atoms with Gasteiger partial charge >= 0.3 is 0 Å². The predicted molar refractivity (Wildman–Crippen MR) is 98.5 cm³/mol. The second kappa shape index (κ2) is 8.88. The predicted octanol–water partition coefficient (Wildman–Crippen LogP) is 2.14. The number of nitrogens with one attached hydrogen (secondary N) is 2. The van der Waals surface area contributed by atoms with Crippen molar-refractivity contribution in [1.82, 2.24) is 15.5 Å². The van der Waals surface area contributed by atoms with Gasteiger partial charge in [-0.1, -0.05) is 24.3 Å². The summed E-state index contributed by atoms with van der Waals surface area (Å²) in [4.78, 5) is 14.7. The minimum Gasteiger partial charge on any atom is -0.353 e. The third kappa shape index (κ3) is 5.08. The van der Waals surface area contributed by atoms with Crippen molar-refractivity contribution in [1.29, 1.82) is 0 Å². The maximum Gasteiger partial charge on any atom is 0.237 e. The van der Waals surface area contributed by atoms with Crippen LogP contribution in [0, 0.1) is 0 Å². The lowest BCUT2D eigenvalue weighted by atomic mass is 9.95. The van der Waals surface area contributed by atoms with Crippen LogP contribution < -0.4 is 10.6 Å². The summed E-state index contributed by atoms with van der Waals surface area (Å²) in [6.07, 6.45) is 3.39.